The zero-order chi connectivity index (χ0) is 34.5. The van der Waals surface area contributed by atoms with Gasteiger partial charge in [0.1, 0.15) is 18.0 Å². The lowest BCUT2D eigenvalue weighted by atomic mass is 9.78. The average molecular weight is 698 g/mol. The van der Waals surface area contributed by atoms with Crippen molar-refractivity contribution in [3.8, 4) is 5.75 Å². The Balaban J connectivity index is 1.66. The third-order valence-corrected chi connectivity index (χ3v) is 11.8. The third-order valence-electron chi connectivity index (χ3n) is 8.75. The number of methoxy groups -OCH3 is 1. The largest absolute Gasteiger partial charge is 0.497 e. The molecule has 0 bridgehead atoms. The van der Waals surface area contributed by atoms with Gasteiger partial charge in [-0.3, -0.25) is 0 Å². The van der Waals surface area contributed by atoms with Gasteiger partial charge >= 0.3 is 6.09 Å². The number of fused-ring (bicyclic) bond motifs is 1. The summed E-state index contributed by atoms with van der Waals surface area (Å²) in [6.45, 7) is 4.41. The van der Waals surface area contributed by atoms with Crippen LogP contribution >= 0.6 is 0 Å². The van der Waals surface area contributed by atoms with E-state index in [-0.39, 0.29) is 36.8 Å². The van der Waals surface area contributed by atoms with Crippen molar-refractivity contribution >= 4 is 26.0 Å². The maximum absolute atomic E-state index is 14.5. The Morgan fingerprint density at radius 3 is 2.40 bits per heavy atom. The van der Waals surface area contributed by atoms with Crippen LogP contribution in [0.15, 0.2) is 59.5 Å². The van der Waals surface area contributed by atoms with Gasteiger partial charge in [-0.2, -0.15) is 0 Å². The van der Waals surface area contributed by atoms with Gasteiger partial charge in [-0.05, 0) is 67.3 Å². The summed E-state index contributed by atoms with van der Waals surface area (Å²) in [5.41, 5.74) is 6.86. The first kappa shape index (κ1) is 37.0. The number of alkyl carbamates (subject to hydrolysis) is 1. The van der Waals surface area contributed by atoms with Crippen LogP contribution in [0.3, 0.4) is 0 Å². The van der Waals surface area contributed by atoms with Crippen LogP contribution in [0.1, 0.15) is 45.1 Å². The highest BCUT2D eigenvalue weighted by molar-refractivity contribution is 7.92. The van der Waals surface area contributed by atoms with Crippen LogP contribution in [0.2, 0.25) is 0 Å². The number of carbonyl (C=O) groups excluding carboxylic acids is 1. The van der Waals surface area contributed by atoms with Crippen molar-refractivity contribution in [3.05, 3.63) is 60.2 Å². The number of sulfonamides is 1. The number of aliphatic hydroxyl groups is 1. The van der Waals surface area contributed by atoms with Gasteiger partial charge in [-0.1, -0.05) is 44.2 Å². The Hall–Kier alpha value is -2.79. The molecule has 4 rings (SSSR count). The predicted octanol–water partition coefficient (Wildman–Crippen LogP) is 2.33. The Labute approximate surface area is 277 Å². The molecule has 262 valence electrons. The van der Waals surface area contributed by atoms with E-state index in [4.69, 9.17) is 24.7 Å². The first-order valence-electron chi connectivity index (χ1n) is 15.6. The summed E-state index contributed by atoms with van der Waals surface area (Å²) in [5, 5.41) is 14.9. The quantitative estimate of drug-likeness (QED) is 0.188. The summed E-state index contributed by atoms with van der Waals surface area (Å²) >= 11 is 0. The van der Waals surface area contributed by atoms with Crippen molar-refractivity contribution in [1.29, 1.82) is 0 Å². The summed E-state index contributed by atoms with van der Waals surface area (Å²) in [4.78, 5) is 10.9. The second kappa shape index (κ2) is 15.2. The minimum atomic E-state index is -4.49. The van der Waals surface area contributed by atoms with E-state index in [1.54, 1.807) is 38.1 Å². The molecule has 2 aliphatic rings. The molecule has 13 nitrogen and oxygen atoms in total. The predicted molar refractivity (Wildman–Crippen MR) is 175 cm³/mol. The topological polar surface area (TPSA) is 193 Å². The summed E-state index contributed by atoms with van der Waals surface area (Å²) in [7, 11) is -6.44. The number of rotatable bonds is 16. The van der Waals surface area contributed by atoms with Crippen LogP contribution < -0.4 is 20.5 Å². The second-order valence-electron chi connectivity index (χ2n) is 13.1. The van der Waals surface area contributed by atoms with Gasteiger partial charge in [0, 0.05) is 6.54 Å². The molecule has 15 heteroatoms. The van der Waals surface area contributed by atoms with E-state index < -0.39 is 60.8 Å². The van der Waals surface area contributed by atoms with Gasteiger partial charge < -0.3 is 35.1 Å². The smallest absolute Gasteiger partial charge is 0.407 e. The van der Waals surface area contributed by atoms with Gasteiger partial charge in [0.05, 0.1) is 43.4 Å². The van der Waals surface area contributed by atoms with Gasteiger partial charge in [0.2, 0.25) is 10.0 Å². The number of carbonyl (C=O) groups is 1. The number of amides is 1. The van der Waals surface area contributed by atoms with Crippen LogP contribution in [-0.4, -0.2) is 90.6 Å². The van der Waals surface area contributed by atoms with Gasteiger partial charge in [-0.15, -0.1) is 0 Å². The maximum Gasteiger partial charge on any atom is 0.407 e. The molecule has 0 spiro atoms. The summed E-state index contributed by atoms with van der Waals surface area (Å²) in [5.74, 6) is 0.309. The molecule has 2 aliphatic heterocycles. The van der Waals surface area contributed by atoms with E-state index in [9.17, 15) is 26.7 Å². The zero-order valence-electron chi connectivity index (χ0n) is 27.3. The molecule has 2 aromatic carbocycles. The zero-order valence-corrected chi connectivity index (χ0v) is 28.9. The number of aliphatic hydroxyl groups excluding tert-OH is 1. The molecule has 1 unspecified atom stereocenters. The number of ether oxygens (including phenoxy) is 4. The maximum atomic E-state index is 14.5. The van der Waals surface area contributed by atoms with Crippen LogP contribution in [0.5, 0.6) is 5.75 Å². The highest BCUT2D eigenvalue weighted by atomic mass is 32.2. The molecule has 0 aliphatic carbocycles. The Morgan fingerprint density at radius 1 is 1.09 bits per heavy atom. The highest BCUT2D eigenvalue weighted by Crippen LogP contribution is 2.40. The molecule has 2 saturated heterocycles. The number of hydrogen-bond donors (Lipinski definition) is 4. The van der Waals surface area contributed by atoms with E-state index >= 15 is 0 Å². The molecule has 0 saturated carbocycles. The normalized spacial score (nSPS) is 22.6. The van der Waals surface area contributed by atoms with E-state index in [0.717, 1.165) is 11.8 Å². The van der Waals surface area contributed by atoms with Crippen LogP contribution in [0.25, 0.3) is 0 Å². The summed E-state index contributed by atoms with van der Waals surface area (Å²) in [6.07, 6.45) is -1.37. The molecule has 1 amide bonds. The molecule has 47 heavy (non-hydrogen) atoms. The van der Waals surface area contributed by atoms with Crippen molar-refractivity contribution in [1.82, 2.24) is 10.0 Å². The molecule has 2 aromatic rings. The SMILES string of the molecule is COc1ccc(S(=O)(=O)C(N)(CC(C)(C)CCCNS(C)(=O)=O)[C@H](O)[C@H](Cc2ccccc2)NC(=O)O[C@@H]2CO[C@@H]3OCC[C@@H]32)cc1. The lowest BCUT2D eigenvalue weighted by Crippen LogP contribution is -2.65. The van der Waals surface area contributed by atoms with Crippen molar-refractivity contribution < 1.29 is 45.7 Å². The molecule has 0 radical (unpaired) electrons. The fourth-order valence-corrected chi connectivity index (χ4v) is 8.83. The van der Waals surface area contributed by atoms with Crippen molar-refractivity contribution in [2.45, 2.75) is 80.3 Å². The number of nitrogens with one attached hydrogen (secondary N) is 2. The van der Waals surface area contributed by atoms with Crippen molar-refractivity contribution in [2.24, 2.45) is 17.1 Å². The first-order chi connectivity index (χ1) is 22.0. The fourth-order valence-electron chi connectivity index (χ4n) is 6.31. The van der Waals surface area contributed by atoms with Gasteiger partial charge in [0.15, 0.2) is 21.0 Å². The third kappa shape index (κ3) is 9.43. The number of benzene rings is 2. The molecular weight excluding hydrogens is 650 g/mol. The minimum absolute atomic E-state index is 0.0449. The molecule has 5 N–H and O–H groups in total. The van der Waals surface area contributed by atoms with Crippen molar-refractivity contribution in [2.75, 3.05) is 33.1 Å². The highest BCUT2D eigenvalue weighted by Gasteiger charge is 2.53. The standard InChI is InChI=1S/C32H47N3O10S2/c1-31(2,16-8-17-34-46(4,38)39)21-32(33,47(40,41)24-13-11-23(42-3)12-14-24)28(36)26(19-22-9-6-5-7-10-22)35-30(37)45-27-20-44-29-25(27)15-18-43-29/h5-7,9-14,25-29,34,36H,8,15-21,33H2,1-4H3,(H,35,37)/t25-,26+,27-,28-,29+,32?/m1/s1. The van der Waals surface area contributed by atoms with Gasteiger partial charge in [0.25, 0.3) is 0 Å². The van der Waals surface area contributed by atoms with Crippen LogP contribution in [0, 0.1) is 11.3 Å². The minimum Gasteiger partial charge on any atom is -0.497 e. The van der Waals surface area contributed by atoms with E-state index in [1.165, 1.54) is 31.4 Å². The number of sulfone groups is 1. The monoisotopic (exact) mass is 697 g/mol. The van der Waals surface area contributed by atoms with Crippen LogP contribution in [-0.2, 0) is 40.5 Å². The van der Waals surface area contributed by atoms with E-state index in [1.807, 2.05) is 6.07 Å². The molecule has 2 fully saturated rings. The number of nitrogens with two attached hydrogens (primary N) is 1. The lowest BCUT2D eigenvalue weighted by molar-refractivity contribution is -0.0907. The van der Waals surface area contributed by atoms with E-state index in [0.29, 0.717) is 31.6 Å². The van der Waals surface area contributed by atoms with Crippen LogP contribution in [0.4, 0.5) is 4.79 Å². The summed E-state index contributed by atoms with van der Waals surface area (Å²) in [6, 6.07) is 13.5. The second-order valence-corrected chi connectivity index (χ2v) is 17.2. The molecule has 2 heterocycles. The average Bonchev–Trinajstić information content (AvgIpc) is 3.63. The first-order valence-corrected chi connectivity index (χ1v) is 19.0. The Bertz CT molecular complexity index is 1560. The van der Waals surface area contributed by atoms with Crippen molar-refractivity contribution in [3.63, 3.8) is 0 Å². The fraction of sp³-hybridized carbons (Fsp3) is 0.594. The van der Waals surface area contributed by atoms with E-state index in [2.05, 4.69) is 10.0 Å². The summed E-state index contributed by atoms with van der Waals surface area (Å²) < 4.78 is 76.6. The molecular formula is C32H47N3O10S2. The molecule has 6 atom stereocenters. The lowest BCUT2D eigenvalue weighted by Gasteiger charge is -2.42. The van der Waals surface area contributed by atoms with Gasteiger partial charge in [-0.25, -0.2) is 26.4 Å². The molecule has 0 aromatic heterocycles. The number of hydrogen-bond acceptors (Lipinski definition) is 11. The Kier molecular flexibility index (Phi) is 12.0. The Morgan fingerprint density at radius 2 is 1.77 bits per heavy atom.